The van der Waals surface area contributed by atoms with Gasteiger partial charge in [0.15, 0.2) is 6.39 Å². The van der Waals surface area contributed by atoms with Crippen LogP contribution in [0.4, 0.5) is 5.69 Å². The zero-order valence-electron chi connectivity index (χ0n) is 15.0. The first kappa shape index (κ1) is 17.6. The molecule has 0 aliphatic carbocycles. The molecule has 0 saturated heterocycles. The molecule has 0 unspecified atom stereocenters. The number of benzene rings is 2. The molecular weight excluding hydrogens is 324 g/mol. The Balaban J connectivity index is 1.53. The van der Waals surface area contributed by atoms with Crippen molar-refractivity contribution >= 4 is 24.1 Å². The fourth-order valence-electron chi connectivity index (χ4n) is 2.41. The molecule has 132 valence electrons. The van der Waals surface area contributed by atoms with Crippen LogP contribution < -0.4 is 5.43 Å². The first-order valence-corrected chi connectivity index (χ1v) is 8.38. The molecule has 3 rings (SSSR count). The second-order valence-electron chi connectivity index (χ2n) is 6.21. The summed E-state index contributed by atoms with van der Waals surface area (Å²) in [6.45, 7) is 0.937. The SMILES string of the molecule is CN(C)Cc1ccc(/C=N/Nc2ccc(/C=C/c3cnco3)cc2)cc1. The summed E-state index contributed by atoms with van der Waals surface area (Å²) < 4.78 is 5.17. The number of hydrogen-bond acceptors (Lipinski definition) is 5. The van der Waals surface area contributed by atoms with Gasteiger partial charge in [-0.3, -0.25) is 5.43 Å². The monoisotopic (exact) mass is 346 g/mol. The van der Waals surface area contributed by atoms with Gasteiger partial charge in [-0.1, -0.05) is 42.5 Å². The van der Waals surface area contributed by atoms with Crippen molar-refractivity contribution in [2.24, 2.45) is 5.10 Å². The summed E-state index contributed by atoms with van der Waals surface area (Å²) in [7, 11) is 4.13. The molecule has 2 aromatic carbocycles. The minimum absolute atomic E-state index is 0.730. The Morgan fingerprint density at radius 1 is 1.00 bits per heavy atom. The van der Waals surface area contributed by atoms with Crippen LogP contribution in [-0.2, 0) is 6.54 Å². The molecule has 0 spiro atoms. The maximum atomic E-state index is 5.17. The van der Waals surface area contributed by atoms with Crippen LogP contribution in [0.15, 0.2) is 70.6 Å². The Bertz CT molecular complexity index is 848. The highest BCUT2D eigenvalue weighted by Gasteiger charge is 1.95. The molecule has 0 aliphatic heterocycles. The van der Waals surface area contributed by atoms with Crippen molar-refractivity contribution in [3.8, 4) is 0 Å². The quantitative estimate of drug-likeness (QED) is 0.510. The topological polar surface area (TPSA) is 53.7 Å². The van der Waals surface area contributed by atoms with E-state index in [4.69, 9.17) is 4.42 Å². The Hall–Kier alpha value is -3.18. The lowest BCUT2D eigenvalue weighted by Crippen LogP contribution is -2.10. The molecule has 5 nitrogen and oxygen atoms in total. The van der Waals surface area contributed by atoms with Crippen molar-refractivity contribution in [2.75, 3.05) is 19.5 Å². The number of hydrazone groups is 1. The van der Waals surface area contributed by atoms with Crippen molar-refractivity contribution in [2.45, 2.75) is 6.54 Å². The van der Waals surface area contributed by atoms with Crippen LogP contribution in [0.25, 0.3) is 12.2 Å². The highest BCUT2D eigenvalue weighted by molar-refractivity contribution is 5.80. The number of oxazole rings is 1. The van der Waals surface area contributed by atoms with E-state index >= 15 is 0 Å². The van der Waals surface area contributed by atoms with E-state index in [0.29, 0.717) is 0 Å². The van der Waals surface area contributed by atoms with Crippen LogP contribution in [0.3, 0.4) is 0 Å². The number of aromatic nitrogens is 1. The van der Waals surface area contributed by atoms with E-state index in [1.165, 1.54) is 12.0 Å². The van der Waals surface area contributed by atoms with Crippen molar-refractivity contribution in [1.29, 1.82) is 0 Å². The summed E-state index contributed by atoms with van der Waals surface area (Å²) in [6, 6.07) is 16.4. The van der Waals surface area contributed by atoms with Gasteiger partial charge in [-0.25, -0.2) is 4.98 Å². The number of anilines is 1. The Kier molecular flexibility index (Phi) is 5.96. The zero-order valence-corrected chi connectivity index (χ0v) is 15.0. The molecule has 5 heteroatoms. The maximum Gasteiger partial charge on any atom is 0.181 e. The van der Waals surface area contributed by atoms with Crippen molar-refractivity contribution < 1.29 is 4.42 Å². The summed E-state index contributed by atoms with van der Waals surface area (Å²) in [6.07, 6.45) is 8.77. The average Bonchev–Trinajstić information content (AvgIpc) is 3.16. The number of nitrogens with zero attached hydrogens (tertiary/aromatic N) is 3. The molecule has 0 aliphatic rings. The molecule has 0 atom stereocenters. The normalized spacial score (nSPS) is 11.7. The Morgan fingerprint density at radius 2 is 1.73 bits per heavy atom. The van der Waals surface area contributed by atoms with Gasteiger partial charge in [0.1, 0.15) is 5.76 Å². The Labute approximate surface area is 153 Å². The second-order valence-corrected chi connectivity index (χ2v) is 6.21. The molecule has 0 bridgehead atoms. The molecular formula is C21H22N4O. The number of nitrogens with one attached hydrogen (secondary N) is 1. The molecule has 26 heavy (non-hydrogen) atoms. The molecule has 3 aromatic rings. The van der Waals surface area contributed by atoms with Crippen LogP contribution in [0.1, 0.15) is 22.5 Å². The lowest BCUT2D eigenvalue weighted by Gasteiger charge is -2.09. The molecule has 1 aromatic heterocycles. The standard InChI is InChI=1S/C21H22N4O/c1-25(2)15-19-5-3-18(4-6-19)13-23-24-20-10-7-17(8-11-20)9-12-21-14-22-16-26-21/h3-14,16,24H,15H2,1-2H3/b12-9+,23-13+. The van der Waals surface area contributed by atoms with Crippen molar-refractivity contribution in [1.82, 2.24) is 9.88 Å². The molecule has 0 radical (unpaired) electrons. The molecule has 1 N–H and O–H groups in total. The summed E-state index contributed by atoms with van der Waals surface area (Å²) >= 11 is 0. The molecule has 1 heterocycles. The third kappa shape index (κ3) is 5.43. The molecule has 0 fully saturated rings. The van der Waals surface area contributed by atoms with Crippen LogP contribution in [0, 0.1) is 0 Å². The summed E-state index contributed by atoms with van der Waals surface area (Å²) in [5.41, 5.74) is 7.40. The van der Waals surface area contributed by atoms with Gasteiger partial charge in [-0.05, 0) is 49.0 Å². The van der Waals surface area contributed by atoms with Gasteiger partial charge >= 0.3 is 0 Å². The van der Waals surface area contributed by atoms with E-state index in [-0.39, 0.29) is 0 Å². The van der Waals surface area contributed by atoms with E-state index < -0.39 is 0 Å². The van der Waals surface area contributed by atoms with Gasteiger partial charge in [0, 0.05) is 6.54 Å². The summed E-state index contributed by atoms with van der Waals surface area (Å²) in [4.78, 5) is 6.03. The largest absolute Gasteiger partial charge is 0.444 e. The lowest BCUT2D eigenvalue weighted by atomic mass is 10.1. The van der Waals surface area contributed by atoms with Gasteiger partial charge < -0.3 is 9.32 Å². The molecule has 0 amide bonds. The first-order chi connectivity index (χ1) is 12.7. The minimum atomic E-state index is 0.730. The van der Waals surface area contributed by atoms with Crippen LogP contribution >= 0.6 is 0 Å². The lowest BCUT2D eigenvalue weighted by molar-refractivity contribution is 0.402. The number of hydrogen-bond donors (Lipinski definition) is 1. The van der Waals surface area contributed by atoms with E-state index in [0.717, 1.165) is 29.1 Å². The van der Waals surface area contributed by atoms with Gasteiger partial charge in [0.05, 0.1) is 18.1 Å². The van der Waals surface area contributed by atoms with E-state index in [1.54, 1.807) is 6.20 Å². The third-order valence-electron chi connectivity index (χ3n) is 3.69. The highest BCUT2D eigenvalue weighted by Crippen LogP contribution is 2.13. The predicted octanol–water partition coefficient (Wildman–Crippen LogP) is 4.35. The second kappa shape index (κ2) is 8.78. The van der Waals surface area contributed by atoms with Gasteiger partial charge in [0.25, 0.3) is 0 Å². The van der Waals surface area contributed by atoms with Crippen molar-refractivity contribution in [3.63, 3.8) is 0 Å². The van der Waals surface area contributed by atoms with Gasteiger partial charge in [0.2, 0.25) is 0 Å². The fourth-order valence-corrected chi connectivity index (χ4v) is 2.41. The van der Waals surface area contributed by atoms with Crippen molar-refractivity contribution in [3.05, 3.63) is 83.6 Å². The summed E-state index contributed by atoms with van der Waals surface area (Å²) in [5.74, 6) is 0.730. The van der Waals surface area contributed by atoms with Crippen LogP contribution in [0.2, 0.25) is 0 Å². The van der Waals surface area contributed by atoms with Gasteiger partial charge in [-0.15, -0.1) is 0 Å². The van der Waals surface area contributed by atoms with E-state index in [2.05, 4.69) is 58.8 Å². The van der Waals surface area contributed by atoms with Crippen LogP contribution in [0.5, 0.6) is 0 Å². The zero-order chi connectivity index (χ0) is 18.2. The average molecular weight is 346 g/mol. The maximum absolute atomic E-state index is 5.17. The number of rotatable bonds is 7. The molecule has 0 saturated carbocycles. The van der Waals surface area contributed by atoms with E-state index in [1.807, 2.05) is 42.6 Å². The Morgan fingerprint density at radius 3 is 2.38 bits per heavy atom. The minimum Gasteiger partial charge on any atom is -0.444 e. The smallest absolute Gasteiger partial charge is 0.181 e. The van der Waals surface area contributed by atoms with E-state index in [9.17, 15) is 0 Å². The van der Waals surface area contributed by atoms with Gasteiger partial charge in [-0.2, -0.15) is 5.10 Å². The fraction of sp³-hybridized carbons (Fsp3) is 0.143. The van der Waals surface area contributed by atoms with Crippen LogP contribution in [-0.4, -0.2) is 30.2 Å². The summed E-state index contributed by atoms with van der Waals surface area (Å²) in [5, 5.41) is 4.29. The highest BCUT2D eigenvalue weighted by atomic mass is 16.3. The third-order valence-corrected chi connectivity index (χ3v) is 3.69. The predicted molar refractivity (Wildman–Crippen MR) is 107 cm³/mol. The first-order valence-electron chi connectivity index (χ1n) is 8.38.